The fourth-order valence-corrected chi connectivity index (χ4v) is 2.38. The van der Waals surface area contributed by atoms with Crippen LogP contribution in [0.4, 0.5) is 5.69 Å². The van der Waals surface area contributed by atoms with Gasteiger partial charge in [-0.1, -0.05) is 41.9 Å². The second-order valence-corrected chi connectivity index (χ2v) is 5.76. The number of ether oxygens (including phenoxy) is 2. The summed E-state index contributed by atoms with van der Waals surface area (Å²) in [4.78, 5) is 24.1. The zero-order valence-corrected chi connectivity index (χ0v) is 14.7. The number of esters is 1. The van der Waals surface area contributed by atoms with Gasteiger partial charge in [-0.25, -0.2) is 4.79 Å². The second kappa shape index (κ2) is 8.39. The molecule has 0 saturated heterocycles. The number of carbonyl (C=O) groups excluding carboxylic acids is 2. The highest BCUT2D eigenvalue weighted by atomic mass is 35.5. The Labute approximate surface area is 150 Å². The van der Waals surface area contributed by atoms with E-state index in [0.29, 0.717) is 0 Å². The Hall–Kier alpha value is -2.73. The highest BCUT2D eigenvalue weighted by molar-refractivity contribution is 6.33. The summed E-state index contributed by atoms with van der Waals surface area (Å²) in [5.41, 5.74) is 7.01. The molecule has 0 spiro atoms. The first kappa shape index (κ1) is 18.6. The standard InChI is InChI=1S/C18H19ClN2O4/c1-11(12-6-4-3-5-7-12)21-17(22)10-25-18(23)13-8-14(19)15(20)9-16(13)24-2/h3-9,11H,10,20H2,1-2H3,(H,21,22). The van der Waals surface area contributed by atoms with Crippen LogP contribution >= 0.6 is 11.6 Å². The van der Waals surface area contributed by atoms with E-state index in [2.05, 4.69) is 5.32 Å². The van der Waals surface area contributed by atoms with Crippen molar-refractivity contribution in [1.29, 1.82) is 0 Å². The van der Waals surface area contributed by atoms with Gasteiger partial charge in [-0.05, 0) is 18.6 Å². The second-order valence-electron chi connectivity index (χ2n) is 5.35. The number of nitrogens with two attached hydrogens (primary N) is 1. The van der Waals surface area contributed by atoms with Gasteiger partial charge in [0, 0.05) is 6.07 Å². The Morgan fingerprint density at radius 3 is 2.56 bits per heavy atom. The fraction of sp³-hybridized carbons (Fsp3) is 0.222. The molecule has 0 bridgehead atoms. The largest absolute Gasteiger partial charge is 0.496 e. The third-order valence-electron chi connectivity index (χ3n) is 3.55. The van der Waals surface area contributed by atoms with Crippen molar-refractivity contribution < 1.29 is 19.1 Å². The SMILES string of the molecule is COc1cc(N)c(Cl)cc1C(=O)OCC(=O)NC(C)c1ccccc1. The van der Waals surface area contributed by atoms with E-state index in [-0.39, 0.29) is 28.1 Å². The molecule has 6 nitrogen and oxygen atoms in total. The van der Waals surface area contributed by atoms with E-state index < -0.39 is 18.5 Å². The van der Waals surface area contributed by atoms with E-state index in [1.807, 2.05) is 37.3 Å². The van der Waals surface area contributed by atoms with Crippen molar-refractivity contribution in [3.05, 3.63) is 58.6 Å². The van der Waals surface area contributed by atoms with Gasteiger partial charge in [0.05, 0.1) is 23.9 Å². The molecule has 1 amide bonds. The molecule has 132 valence electrons. The lowest BCUT2D eigenvalue weighted by atomic mass is 10.1. The molecule has 1 atom stereocenters. The summed E-state index contributed by atoms with van der Waals surface area (Å²) in [7, 11) is 1.40. The van der Waals surface area contributed by atoms with Gasteiger partial charge in [0.25, 0.3) is 5.91 Å². The van der Waals surface area contributed by atoms with Crippen molar-refractivity contribution in [2.24, 2.45) is 0 Å². The molecule has 2 aromatic rings. The normalized spacial score (nSPS) is 11.5. The number of hydrogen-bond donors (Lipinski definition) is 2. The van der Waals surface area contributed by atoms with Gasteiger partial charge in [0.1, 0.15) is 11.3 Å². The molecule has 0 aromatic heterocycles. The van der Waals surface area contributed by atoms with E-state index in [0.717, 1.165) is 5.56 Å². The Kier molecular flexibility index (Phi) is 6.25. The first-order chi connectivity index (χ1) is 11.9. The summed E-state index contributed by atoms with van der Waals surface area (Å²) < 4.78 is 10.1. The van der Waals surface area contributed by atoms with Gasteiger partial charge in [-0.2, -0.15) is 0 Å². The Morgan fingerprint density at radius 2 is 1.92 bits per heavy atom. The molecule has 3 N–H and O–H groups in total. The maximum Gasteiger partial charge on any atom is 0.342 e. The lowest BCUT2D eigenvalue weighted by Crippen LogP contribution is -2.31. The summed E-state index contributed by atoms with van der Waals surface area (Å²) in [5.74, 6) is -0.906. The topological polar surface area (TPSA) is 90.7 Å². The molecule has 25 heavy (non-hydrogen) atoms. The summed E-state index contributed by atoms with van der Waals surface area (Å²) in [6.07, 6.45) is 0. The number of benzene rings is 2. The number of hydrogen-bond acceptors (Lipinski definition) is 5. The predicted molar refractivity (Wildman–Crippen MR) is 95.7 cm³/mol. The lowest BCUT2D eigenvalue weighted by molar-refractivity contribution is -0.124. The number of carbonyl (C=O) groups is 2. The molecule has 0 aliphatic rings. The van der Waals surface area contributed by atoms with Crippen LogP contribution in [-0.2, 0) is 9.53 Å². The highest BCUT2D eigenvalue weighted by Gasteiger charge is 2.18. The molecule has 2 rings (SSSR count). The Morgan fingerprint density at radius 1 is 1.24 bits per heavy atom. The average molecular weight is 363 g/mol. The third-order valence-corrected chi connectivity index (χ3v) is 3.88. The van der Waals surface area contributed by atoms with Crippen LogP contribution in [0.1, 0.15) is 28.9 Å². The molecule has 0 radical (unpaired) electrons. The van der Waals surface area contributed by atoms with Gasteiger partial charge >= 0.3 is 5.97 Å². The number of amides is 1. The molecule has 0 saturated carbocycles. The van der Waals surface area contributed by atoms with E-state index in [4.69, 9.17) is 26.8 Å². The van der Waals surface area contributed by atoms with Gasteiger partial charge < -0.3 is 20.5 Å². The Bertz CT molecular complexity index is 765. The minimum atomic E-state index is -0.721. The zero-order valence-electron chi connectivity index (χ0n) is 13.9. The van der Waals surface area contributed by atoms with Crippen LogP contribution in [0, 0.1) is 0 Å². The van der Waals surface area contributed by atoms with Gasteiger partial charge in [0.2, 0.25) is 0 Å². The van der Waals surface area contributed by atoms with E-state index >= 15 is 0 Å². The number of rotatable bonds is 6. The van der Waals surface area contributed by atoms with Crippen LogP contribution in [0.15, 0.2) is 42.5 Å². The van der Waals surface area contributed by atoms with Crippen molar-refractivity contribution in [3.8, 4) is 5.75 Å². The number of nitrogen functional groups attached to an aromatic ring is 1. The van der Waals surface area contributed by atoms with Crippen molar-refractivity contribution in [1.82, 2.24) is 5.32 Å². The smallest absolute Gasteiger partial charge is 0.342 e. The lowest BCUT2D eigenvalue weighted by Gasteiger charge is -2.15. The van der Waals surface area contributed by atoms with Gasteiger partial charge in [-0.3, -0.25) is 4.79 Å². The minimum absolute atomic E-state index is 0.102. The van der Waals surface area contributed by atoms with Crippen LogP contribution in [0.3, 0.4) is 0 Å². The molecular formula is C18H19ClN2O4. The summed E-state index contributed by atoms with van der Waals surface area (Å²) >= 11 is 5.92. The molecule has 0 fully saturated rings. The quantitative estimate of drug-likeness (QED) is 0.609. The van der Waals surface area contributed by atoms with E-state index in [1.165, 1.54) is 19.2 Å². The highest BCUT2D eigenvalue weighted by Crippen LogP contribution is 2.29. The Balaban J connectivity index is 1.96. The molecule has 0 aliphatic heterocycles. The molecule has 1 unspecified atom stereocenters. The van der Waals surface area contributed by atoms with Crippen molar-refractivity contribution >= 4 is 29.2 Å². The number of methoxy groups -OCH3 is 1. The first-order valence-electron chi connectivity index (χ1n) is 7.56. The number of anilines is 1. The molecule has 2 aromatic carbocycles. The van der Waals surface area contributed by atoms with E-state index in [9.17, 15) is 9.59 Å². The summed E-state index contributed by atoms with van der Waals surface area (Å²) in [5, 5.41) is 2.96. The molecule has 0 heterocycles. The van der Waals surface area contributed by atoms with Crippen molar-refractivity contribution in [2.75, 3.05) is 19.5 Å². The molecular weight excluding hydrogens is 344 g/mol. The fourth-order valence-electron chi connectivity index (χ4n) is 2.21. The van der Waals surface area contributed by atoms with Gasteiger partial charge in [-0.15, -0.1) is 0 Å². The predicted octanol–water partition coefficient (Wildman–Crippen LogP) is 2.97. The maximum atomic E-state index is 12.2. The van der Waals surface area contributed by atoms with Crippen LogP contribution in [0.5, 0.6) is 5.75 Å². The van der Waals surface area contributed by atoms with E-state index in [1.54, 1.807) is 0 Å². The van der Waals surface area contributed by atoms with Crippen molar-refractivity contribution in [2.45, 2.75) is 13.0 Å². The molecule has 0 aliphatic carbocycles. The minimum Gasteiger partial charge on any atom is -0.496 e. The van der Waals surface area contributed by atoms with Gasteiger partial charge in [0.15, 0.2) is 6.61 Å². The third kappa shape index (κ3) is 4.87. The van der Waals surface area contributed by atoms with Crippen LogP contribution in [0.25, 0.3) is 0 Å². The first-order valence-corrected chi connectivity index (χ1v) is 7.94. The summed E-state index contributed by atoms with van der Waals surface area (Å²) in [6, 6.07) is 12.0. The average Bonchev–Trinajstić information content (AvgIpc) is 2.62. The molecule has 7 heteroatoms. The van der Waals surface area contributed by atoms with Crippen LogP contribution in [0.2, 0.25) is 5.02 Å². The summed E-state index contributed by atoms with van der Waals surface area (Å²) in [6.45, 7) is 1.43. The van der Waals surface area contributed by atoms with Crippen molar-refractivity contribution in [3.63, 3.8) is 0 Å². The number of halogens is 1. The maximum absolute atomic E-state index is 12.2. The monoisotopic (exact) mass is 362 g/mol. The van der Waals surface area contributed by atoms with Crippen LogP contribution < -0.4 is 15.8 Å². The zero-order chi connectivity index (χ0) is 18.4. The van der Waals surface area contributed by atoms with Crippen LogP contribution in [-0.4, -0.2) is 25.6 Å². The number of nitrogens with one attached hydrogen (secondary N) is 1.